The first-order chi connectivity index (χ1) is 9.61. The van der Waals surface area contributed by atoms with Crippen LogP contribution in [0, 0.1) is 0 Å². The second-order valence-corrected chi connectivity index (χ2v) is 4.51. The van der Waals surface area contributed by atoms with E-state index < -0.39 is 6.04 Å². The van der Waals surface area contributed by atoms with E-state index >= 15 is 0 Å². The van der Waals surface area contributed by atoms with Crippen molar-refractivity contribution in [2.75, 3.05) is 13.7 Å². The molecular weight excluding hydrogens is 260 g/mol. The standard InChI is InChI=1S/C13H18N4O3/c1-8(2)19-7-10(14)11-16-13(20-17-11)9-5-4-6-15-12(9)18-3/h4-6,8,10H,7,14H2,1-3H3. The Hall–Kier alpha value is -1.99. The normalized spacial score (nSPS) is 12.7. The number of aromatic nitrogens is 3. The molecule has 0 spiro atoms. The van der Waals surface area contributed by atoms with Gasteiger partial charge in [-0.25, -0.2) is 4.98 Å². The van der Waals surface area contributed by atoms with Gasteiger partial charge in [0.05, 0.1) is 25.9 Å². The average Bonchev–Trinajstić information content (AvgIpc) is 2.94. The molecule has 0 aliphatic carbocycles. The molecule has 7 nitrogen and oxygen atoms in total. The summed E-state index contributed by atoms with van der Waals surface area (Å²) < 4.78 is 15.8. The molecule has 2 N–H and O–H groups in total. The average molecular weight is 278 g/mol. The third-order valence-corrected chi connectivity index (χ3v) is 2.58. The van der Waals surface area contributed by atoms with Gasteiger partial charge in [-0.1, -0.05) is 5.16 Å². The SMILES string of the molecule is COc1ncccc1-c1nc(C(N)COC(C)C)no1. The lowest BCUT2D eigenvalue weighted by atomic mass is 10.2. The molecular formula is C13H18N4O3. The Morgan fingerprint density at radius 3 is 2.90 bits per heavy atom. The van der Waals surface area contributed by atoms with Crippen molar-refractivity contribution in [2.45, 2.75) is 26.0 Å². The lowest BCUT2D eigenvalue weighted by Gasteiger charge is -2.10. The van der Waals surface area contributed by atoms with Crippen molar-refractivity contribution in [2.24, 2.45) is 5.73 Å². The van der Waals surface area contributed by atoms with E-state index in [1.165, 1.54) is 7.11 Å². The van der Waals surface area contributed by atoms with Crippen LogP contribution in [0.4, 0.5) is 0 Å². The van der Waals surface area contributed by atoms with Crippen LogP contribution in [0.15, 0.2) is 22.9 Å². The molecule has 1 atom stereocenters. The van der Waals surface area contributed by atoms with Crippen molar-refractivity contribution in [3.05, 3.63) is 24.2 Å². The summed E-state index contributed by atoms with van der Waals surface area (Å²) in [5.41, 5.74) is 6.58. The molecule has 20 heavy (non-hydrogen) atoms. The maximum atomic E-state index is 5.95. The zero-order valence-corrected chi connectivity index (χ0v) is 11.7. The summed E-state index contributed by atoms with van der Waals surface area (Å²) in [4.78, 5) is 8.35. The number of methoxy groups -OCH3 is 1. The van der Waals surface area contributed by atoms with Crippen LogP contribution in [0.2, 0.25) is 0 Å². The third kappa shape index (κ3) is 3.31. The van der Waals surface area contributed by atoms with E-state index in [-0.39, 0.29) is 6.10 Å². The Morgan fingerprint density at radius 2 is 2.20 bits per heavy atom. The van der Waals surface area contributed by atoms with Crippen molar-refractivity contribution >= 4 is 0 Å². The molecule has 0 aliphatic heterocycles. The summed E-state index contributed by atoms with van der Waals surface area (Å²) in [7, 11) is 1.53. The van der Waals surface area contributed by atoms with Crippen molar-refractivity contribution in [1.82, 2.24) is 15.1 Å². The maximum Gasteiger partial charge on any atom is 0.263 e. The number of pyridine rings is 1. The molecule has 0 bridgehead atoms. The van der Waals surface area contributed by atoms with Gasteiger partial charge in [0.2, 0.25) is 5.88 Å². The van der Waals surface area contributed by atoms with Crippen LogP contribution in [0.5, 0.6) is 5.88 Å². The lowest BCUT2D eigenvalue weighted by Crippen LogP contribution is -2.20. The fourth-order valence-corrected chi connectivity index (χ4v) is 1.58. The minimum absolute atomic E-state index is 0.103. The highest BCUT2D eigenvalue weighted by atomic mass is 16.5. The molecule has 0 saturated carbocycles. The topological polar surface area (TPSA) is 96.3 Å². The van der Waals surface area contributed by atoms with Crippen LogP contribution in [-0.4, -0.2) is 34.9 Å². The number of rotatable bonds is 6. The Balaban J connectivity index is 2.16. The minimum Gasteiger partial charge on any atom is -0.480 e. The quantitative estimate of drug-likeness (QED) is 0.856. The van der Waals surface area contributed by atoms with Crippen LogP contribution >= 0.6 is 0 Å². The second-order valence-electron chi connectivity index (χ2n) is 4.51. The number of nitrogens with zero attached hydrogens (tertiary/aromatic N) is 3. The van der Waals surface area contributed by atoms with Gasteiger partial charge in [-0.15, -0.1) is 0 Å². The largest absolute Gasteiger partial charge is 0.480 e. The summed E-state index contributed by atoms with van der Waals surface area (Å²) in [6.45, 7) is 4.21. The molecule has 7 heteroatoms. The molecule has 0 aliphatic rings. The van der Waals surface area contributed by atoms with E-state index in [0.717, 1.165) is 0 Å². The highest BCUT2D eigenvalue weighted by Crippen LogP contribution is 2.26. The molecule has 2 heterocycles. The number of hydrogen-bond acceptors (Lipinski definition) is 7. The van der Waals surface area contributed by atoms with Gasteiger partial charge < -0.3 is 19.7 Å². The monoisotopic (exact) mass is 278 g/mol. The van der Waals surface area contributed by atoms with Crippen LogP contribution in [0.1, 0.15) is 25.7 Å². The van der Waals surface area contributed by atoms with Gasteiger partial charge in [0, 0.05) is 6.20 Å². The van der Waals surface area contributed by atoms with E-state index in [1.807, 2.05) is 13.8 Å². The fourth-order valence-electron chi connectivity index (χ4n) is 1.58. The first-order valence-electron chi connectivity index (χ1n) is 6.32. The van der Waals surface area contributed by atoms with Crippen molar-refractivity contribution in [3.8, 4) is 17.3 Å². The van der Waals surface area contributed by atoms with Crippen LogP contribution in [0.25, 0.3) is 11.5 Å². The summed E-state index contributed by atoms with van der Waals surface area (Å²) in [6.07, 6.45) is 1.73. The summed E-state index contributed by atoms with van der Waals surface area (Å²) in [6, 6.07) is 3.13. The van der Waals surface area contributed by atoms with E-state index in [9.17, 15) is 0 Å². The van der Waals surface area contributed by atoms with Gasteiger partial charge >= 0.3 is 0 Å². The minimum atomic E-state index is -0.433. The Bertz CT molecular complexity index is 556. The molecule has 0 saturated heterocycles. The maximum absolute atomic E-state index is 5.95. The highest BCUT2D eigenvalue weighted by molar-refractivity contribution is 5.59. The molecule has 0 radical (unpaired) electrons. The van der Waals surface area contributed by atoms with E-state index in [4.69, 9.17) is 19.7 Å². The third-order valence-electron chi connectivity index (χ3n) is 2.58. The molecule has 2 aromatic rings. The van der Waals surface area contributed by atoms with Crippen molar-refractivity contribution in [3.63, 3.8) is 0 Å². The zero-order valence-electron chi connectivity index (χ0n) is 11.7. The predicted molar refractivity (Wildman–Crippen MR) is 72.1 cm³/mol. The van der Waals surface area contributed by atoms with Crippen molar-refractivity contribution < 1.29 is 14.0 Å². The number of ether oxygens (including phenoxy) is 2. The van der Waals surface area contributed by atoms with Crippen LogP contribution in [-0.2, 0) is 4.74 Å². The molecule has 0 fully saturated rings. The molecule has 2 rings (SSSR count). The van der Waals surface area contributed by atoms with Gasteiger partial charge in [-0.3, -0.25) is 0 Å². The van der Waals surface area contributed by atoms with Gasteiger partial charge in [0.15, 0.2) is 5.82 Å². The lowest BCUT2D eigenvalue weighted by molar-refractivity contribution is 0.0665. The summed E-state index contributed by atoms with van der Waals surface area (Å²) in [5.74, 6) is 1.14. The van der Waals surface area contributed by atoms with Gasteiger partial charge in [-0.05, 0) is 26.0 Å². The molecule has 0 amide bonds. The Morgan fingerprint density at radius 1 is 1.40 bits per heavy atom. The number of nitrogens with two attached hydrogens (primary N) is 1. The first-order valence-corrected chi connectivity index (χ1v) is 6.32. The van der Waals surface area contributed by atoms with Gasteiger partial charge in [-0.2, -0.15) is 4.98 Å². The smallest absolute Gasteiger partial charge is 0.263 e. The van der Waals surface area contributed by atoms with Crippen molar-refractivity contribution in [1.29, 1.82) is 0 Å². The predicted octanol–water partition coefficient (Wildman–Crippen LogP) is 1.56. The molecule has 0 aromatic carbocycles. The highest BCUT2D eigenvalue weighted by Gasteiger charge is 2.18. The van der Waals surface area contributed by atoms with E-state index in [0.29, 0.717) is 29.8 Å². The second kappa shape index (κ2) is 6.44. The number of hydrogen-bond donors (Lipinski definition) is 1. The Labute approximate surface area is 117 Å². The van der Waals surface area contributed by atoms with Crippen LogP contribution < -0.4 is 10.5 Å². The first kappa shape index (κ1) is 14.4. The van der Waals surface area contributed by atoms with Gasteiger partial charge in [0.25, 0.3) is 5.89 Å². The van der Waals surface area contributed by atoms with Gasteiger partial charge in [0.1, 0.15) is 5.56 Å². The molecule has 108 valence electrons. The van der Waals surface area contributed by atoms with E-state index in [1.54, 1.807) is 18.3 Å². The Kier molecular flexibility index (Phi) is 4.65. The molecule has 2 aromatic heterocycles. The summed E-state index contributed by atoms with van der Waals surface area (Å²) >= 11 is 0. The summed E-state index contributed by atoms with van der Waals surface area (Å²) in [5, 5.41) is 3.87. The zero-order chi connectivity index (χ0) is 14.5. The van der Waals surface area contributed by atoms with E-state index in [2.05, 4.69) is 15.1 Å². The van der Waals surface area contributed by atoms with Crippen LogP contribution in [0.3, 0.4) is 0 Å². The fraction of sp³-hybridized carbons (Fsp3) is 0.462. The molecule has 1 unspecified atom stereocenters.